The molecule has 0 bridgehead atoms. The van der Waals surface area contributed by atoms with Gasteiger partial charge in [0.2, 0.25) is 5.78 Å². The molecule has 1 rings (SSSR count). The minimum Gasteiger partial charge on any atom is -0.495 e. The number of pyridine rings is 1. The lowest BCUT2D eigenvalue weighted by Gasteiger charge is -2.01. The number of alkyl halides is 2. The molecule has 1 aromatic rings. The van der Waals surface area contributed by atoms with Crippen molar-refractivity contribution in [3.63, 3.8) is 0 Å². The Balaban J connectivity index is 2.95. The highest BCUT2D eigenvalue weighted by atomic mass is 19.3. The first-order valence-electron chi connectivity index (χ1n) is 3.46. The number of halogens is 2. The second-order valence-corrected chi connectivity index (χ2v) is 2.28. The van der Waals surface area contributed by atoms with Crippen molar-refractivity contribution in [2.75, 3.05) is 7.11 Å². The lowest BCUT2D eigenvalue weighted by Crippen LogP contribution is -2.10. The van der Waals surface area contributed by atoms with Gasteiger partial charge in [-0.2, -0.15) is 0 Å². The van der Waals surface area contributed by atoms with E-state index in [-0.39, 0.29) is 11.3 Å². The van der Waals surface area contributed by atoms with Crippen LogP contribution >= 0.6 is 0 Å². The number of rotatable bonds is 3. The molecule has 1 heterocycles. The quantitative estimate of drug-likeness (QED) is 0.673. The first-order valence-corrected chi connectivity index (χ1v) is 3.46. The molecule has 3 nitrogen and oxygen atoms in total. The molecule has 0 saturated heterocycles. The summed E-state index contributed by atoms with van der Waals surface area (Å²) in [6.07, 6.45) is -0.590. The fourth-order valence-electron chi connectivity index (χ4n) is 0.791. The van der Waals surface area contributed by atoms with Crippen molar-refractivity contribution in [2.24, 2.45) is 0 Å². The molecular formula is C8H7F2NO2. The van der Waals surface area contributed by atoms with Crippen molar-refractivity contribution < 1.29 is 18.3 Å². The number of hydrogen-bond acceptors (Lipinski definition) is 3. The third-order valence-electron chi connectivity index (χ3n) is 1.43. The molecule has 0 atom stereocenters. The van der Waals surface area contributed by atoms with Gasteiger partial charge in [-0.1, -0.05) is 0 Å². The number of hydrogen-bond donors (Lipinski definition) is 0. The molecule has 70 valence electrons. The molecule has 0 aliphatic heterocycles. The second-order valence-electron chi connectivity index (χ2n) is 2.28. The fourth-order valence-corrected chi connectivity index (χ4v) is 0.791. The van der Waals surface area contributed by atoms with Crippen LogP contribution < -0.4 is 4.74 Å². The lowest BCUT2D eigenvalue weighted by molar-refractivity contribution is 0.0678. The molecule has 13 heavy (non-hydrogen) atoms. The summed E-state index contributed by atoms with van der Waals surface area (Å²) in [7, 11) is 1.37. The van der Waals surface area contributed by atoms with Gasteiger partial charge in [0.15, 0.2) is 0 Å². The number of aromatic nitrogens is 1. The SMILES string of the molecule is COc1cncc(C(=O)C(F)F)c1. The van der Waals surface area contributed by atoms with E-state index < -0.39 is 12.2 Å². The molecule has 1 aromatic heterocycles. The van der Waals surface area contributed by atoms with Gasteiger partial charge in [0.05, 0.1) is 13.3 Å². The third-order valence-corrected chi connectivity index (χ3v) is 1.43. The number of ketones is 1. The normalized spacial score (nSPS) is 10.2. The monoisotopic (exact) mass is 187 g/mol. The van der Waals surface area contributed by atoms with Crippen LogP contribution in [0, 0.1) is 0 Å². The smallest absolute Gasteiger partial charge is 0.300 e. The van der Waals surface area contributed by atoms with Crippen molar-refractivity contribution in [2.45, 2.75) is 6.43 Å². The predicted molar refractivity (Wildman–Crippen MR) is 41.1 cm³/mol. The minimum atomic E-state index is -3.01. The zero-order valence-electron chi connectivity index (χ0n) is 6.83. The molecule has 0 spiro atoms. The maximum absolute atomic E-state index is 11.9. The average molecular weight is 187 g/mol. The number of ether oxygens (including phenoxy) is 1. The molecule has 0 radical (unpaired) electrons. The Morgan fingerprint density at radius 3 is 2.77 bits per heavy atom. The highest BCUT2D eigenvalue weighted by molar-refractivity contribution is 5.98. The Kier molecular flexibility index (Phi) is 2.89. The molecule has 0 aliphatic rings. The van der Waals surface area contributed by atoms with Crippen molar-refractivity contribution in [3.8, 4) is 5.75 Å². The van der Waals surface area contributed by atoms with E-state index in [1.54, 1.807) is 0 Å². The van der Waals surface area contributed by atoms with Gasteiger partial charge in [0.25, 0.3) is 0 Å². The second kappa shape index (κ2) is 3.93. The van der Waals surface area contributed by atoms with Gasteiger partial charge in [0.1, 0.15) is 5.75 Å². The van der Waals surface area contributed by atoms with Crippen LogP contribution in [-0.4, -0.2) is 24.3 Å². The van der Waals surface area contributed by atoms with E-state index in [2.05, 4.69) is 4.98 Å². The van der Waals surface area contributed by atoms with Crippen LogP contribution in [0.5, 0.6) is 5.75 Å². The number of carbonyl (C=O) groups is 1. The Morgan fingerprint density at radius 2 is 2.23 bits per heavy atom. The van der Waals surface area contributed by atoms with Crippen LogP contribution in [0.15, 0.2) is 18.5 Å². The largest absolute Gasteiger partial charge is 0.495 e. The van der Waals surface area contributed by atoms with E-state index in [0.717, 1.165) is 6.20 Å². The van der Waals surface area contributed by atoms with Crippen LogP contribution in [0.1, 0.15) is 10.4 Å². The number of nitrogens with zero attached hydrogens (tertiary/aromatic N) is 1. The topological polar surface area (TPSA) is 39.2 Å². The van der Waals surface area contributed by atoms with E-state index in [9.17, 15) is 13.6 Å². The number of carbonyl (C=O) groups excluding carboxylic acids is 1. The third kappa shape index (κ3) is 2.21. The maximum Gasteiger partial charge on any atom is 0.300 e. The predicted octanol–water partition coefficient (Wildman–Crippen LogP) is 1.54. The summed E-state index contributed by atoms with van der Waals surface area (Å²) in [5.74, 6) is -0.960. The van der Waals surface area contributed by atoms with Gasteiger partial charge in [-0.05, 0) is 6.07 Å². The average Bonchev–Trinajstić information content (AvgIpc) is 2.16. The number of Topliss-reactive ketones (excluding diaryl/α,β-unsaturated/α-hetero) is 1. The van der Waals surface area contributed by atoms with Gasteiger partial charge in [0, 0.05) is 11.8 Å². The highest BCUT2D eigenvalue weighted by Crippen LogP contribution is 2.13. The minimum absolute atomic E-state index is 0.144. The summed E-state index contributed by atoms with van der Waals surface area (Å²) < 4.78 is 28.6. The molecule has 0 fully saturated rings. The van der Waals surface area contributed by atoms with Crippen LogP contribution in [0.3, 0.4) is 0 Å². The molecule has 0 amide bonds. The zero-order chi connectivity index (χ0) is 9.84. The summed E-state index contributed by atoms with van der Waals surface area (Å²) in [6, 6.07) is 1.22. The Hall–Kier alpha value is -1.52. The molecule has 0 aromatic carbocycles. The van der Waals surface area contributed by atoms with E-state index in [1.807, 2.05) is 0 Å². The molecular weight excluding hydrogens is 180 g/mol. The molecule has 0 aliphatic carbocycles. The Morgan fingerprint density at radius 1 is 1.54 bits per heavy atom. The Labute approximate surface area is 73.4 Å². The van der Waals surface area contributed by atoms with E-state index in [0.29, 0.717) is 0 Å². The van der Waals surface area contributed by atoms with E-state index >= 15 is 0 Å². The van der Waals surface area contributed by atoms with Gasteiger partial charge in [-0.15, -0.1) is 0 Å². The van der Waals surface area contributed by atoms with E-state index in [1.165, 1.54) is 19.4 Å². The van der Waals surface area contributed by atoms with Crippen LogP contribution in [0.25, 0.3) is 0 Å². The molecule has 0 N–H and O–H groups in total. The standard InChI is InChI=1S/C8H7F2NO2/c1-13-6-2-5(3-11-4-6)7(12)8(9)10/h2-4,8H,1H3. The summed E-state index contributed by atoms with van der Waals surface area (Å²) in [5, 5.41) is 0. The first-order chi connectivity index (χ1) is 6.15. The van der Waals surface area contributed by atoms with Crippen LogP contribution in [-0.2, 0) is 0 Å². The van der Waals surface area contributed by atoms with Crippen molar-refractivity contribution >= 4 is 5.78 Å². The van der Waals surface area contributed by atoms with E-state index in [4.69, 9.17) is 4.74 Å². The zero-order valence-corrected chi connectivity index (χ0v) is 6.83. The lowest BCUT2D eigenvalue weighted by atomic mass is 10.2. The summed E-state index contributed by atoms with van der Waals surface area (Å²) >= 11 is 0. The first kappa shape index (κ1) is 9.57. The molecule has 5 heteroatoms. The van der Waals surface area contributed by atoms with Gasteiger partial charge < -0.3 is 4.74 Å². The number of methoxy groups -OCH3 is 1. The highest BCUT2D eigenvalue weighted by Gasteiger charge is 2.18. The van der Waals surface area contributed by atoms with Gasteiger partial charge >= 0.3 is 6.43 Å². The molecule has 0 unspecified atom stereocenters. The summed E-state index contributed by atoms with van der Waals surface area (Å²) in [4.78, 5) is 14.3. The van der Waals surface area contributed by atoms with Crippen molar-refractivity contribution in [1.29, 1.82) is 0 Å². The maximum atomic E-state index is 11.9. The summed E-state index contributed by atoms with van der Waals surface area (Å²) in [6.45, 7) is 0. The summed E-state index contributed by atoms with van der Waals surface area (Å²) in [5.41, 5.74) is -0.144. The fraction of sp³-hybridized carbons (Fsp3) is 0.250. The van der Waals surface area contributed by atoms with Crippen molar-refractivity contribution in [3.05, 3.63) is 24.0 Å². The Bertz CT molecular complexity index is 315. The van der Waals surface area contributed by atoms with Crippen molar-refractivity contribution in [1.82, 2.24) is 4.98 Å². The van der Waals surface area contributed by atoms with Gasteiger partial charge in [-0.3, -0.25) is 9.78 Å². The van der Waals surface area contributed by atoms with Crippen LogP contribution in [0.2, 0.25) is 0 Å². The molecule has 0 saturated carbocycles. The van der Waals surface area contributed by atoms with Crippen LogP contribution in [0.4, 0.5) is 8.78 Å². The van der Waals surface area contributed by atoms with Gasteiger partial charge in [-0.25, -0.2) is 8.78 Å².